The van der Waals surface area contributed by atoms with E-state index < -0.39 is 28.4 Å². The van der Waals surface area contributed by atoms with Crippen LogP contribution in [-0.4, -0.2) is 54.4 Å². The van der Waals surface area contributed by atoms with Gasteiger partial charge in [0.25, 0.3) is 0 Å². The van der Waals surface area contributed by atoms with Crippen molar-refractivity contribution in [3.63, 3.8) is 0 Å². The molecule has 0 bridgehead atoms. The summed E-state index contributed by atoms with van der Waals surface area (Å²) >= 11 is 0. The summed E-state index contributed by atoms with van der Waals surface area (Å²) in [5, 5.41) is 9.02. The first-order chi connectivity index (χ1) is 9.80. The van der Waals surface area contributed by atoms with Gasteiger partial charge in [-0.05, 0) is 19.3 Å². The molecule has 1 fully saturated rings. The molecule has 1 saturated heterocycles. The molecule has 21 heavy (non-hydrogen) atoms. The highest BCUT2D eigenvalue weighted by Gasteiger charge is 2.37. The number of amides is 1. The second-order valence-electron chi connectivity index (χ2n) is 5.69. The van der Waals surface area contributed by atoms with Gasteiger partial charge < -0.3 is 10.0 Å². The highest BCUT2D eigenvalue weighted by molar-refractivity contribution is 7.91. The fourth-order valence-corrected chi connectivity index (χ4v) is 4.61. The van der Waals surface area contributed by atoms with Crippen molar-refractivity contribution < 1.29 is 23.1 Å². The van der Waals surface area contributed by atoms with Crippen molar-refractivity contribution in [1.82, 2.24) is 4.90 Å². The molecule has 1 N–H and O–H groups in total. The van der Waals surface area contributed by atoms with Crippen LogP contribution in [0.1, 0.15) is 46.0 Å². The minimum Gasteiger partial charge on any atom is -0.480 e. The molecule has 1 atom stereocenters. The second kappa shape index (κ2) is 7.77. The molecule has 0 radical (unpaired) electrons. The van der Waals surface area contributed by atoms with Gasteiger partial charge in [0.2, 0.25) is 5.91 Å². The van der Waals surface area contributed by atoms with Crippen molar-refractivity contribution in [2.24, 2.45) is 5.92 Å². The Kier molecular flexibility index (Phi) is 6.64. The van der Waals surface area contributed by atoms with Gasteiger partial charge in [0, 0.05) is 12.0 Å². The smallest absolute Gasteiger partial charge is 0.323 e. The maximum absolute atomic E-state index is 12.6. The standard InChI is InChI=1S/C14H25NO5S/c1-3-5-11(6-4-2)14(18)15(9-13(16)17)12-7-8-21(19,20)10-12/h11-12H,3-10H2,1-2H3,(H,16,17). The Morgan fingerprint density at radius 1 is 1.24 bits per heavy atom. The van der Waals surface area contributed by atoms with Crippen LogP contribution in [0.3, 0.4) is 0 Å². The van der Waals surface area contributed by atoms with Gasteiger partial charge in [-0.25, -0.2) is 8.42 Å². The van der Waals surface area contributed by atoms with Gasteiger partial charge in [-0.1, -0.05) is 26.7 Å². The number of hydrogen-bond donors (Lipinski definition) is 1. The third-order valence-corrected chi connectivity index (χ3v) is 5.61. The van der Waals surface area contributed by atoms with Gasteiger partial charge in [-0.2, -0.15) is 0 Å². The second-order valence-corrected chi connectivity index (χ2v) is 7.92. The molecular weight excluding hydrogens is 294 g/mol. The molecule has 7 heteroatoms. The van der Waals surface area contributed by atoms with Gasteiger partial charge >= 0.3 is 5.97 Å². The van der Waals surface area contributed by atoms with Crippen LogP contribution in [-0.2, 0) is 19.4 Å². The molecule has 1 aliphatic heterocycles. The Morgan fingerprint density at radius 2 is 1.81 bits per heavy atom. The van der Waals surface area contributed by atoms with E-state index in [1.165, 1.54) is 4.90 Å². The van der Waals surface area contributed by atoms with Crippen molar-refractivity contribution in [2.45, 2.75) is 52.0 Å². The zero-order chi connectivity index (χ0) is 16.0. The van der Waals surface area contributed by atoms with E-state index in [2.05, 4.69) is 0 Å². The summed E-state index contributed by atoms with van der Waals surface area (Å²) in [7, 11) is -3.15. The quantitative estimate of drug-likeness (QED) is 0.728. The zero-order valence-corrected chi connectivity index (χ0v) is 13.6. The highest BCUT2D eigenvalue weighted by Crippen LogP contribution is 2.23. The summed E-state index contributed by atoms with van der Waals surface area (Å²) in [6.07, 6.45) is 3.46. The van der Waals surface area contributed by atoms with Crippen molar-refractivity contribution in [2.75, 3.05) is 18.1 Å². The molecule has 0 spiro atoms. The average Bonchev–Trinajstić information content (AvgIpc) is 2.75. The van der Waals surface area contributed by atoms with Crippen molar-refractivity contribution >= 4 is 21.7 Å². The summed E-state index contributed by atoms with van der Waals surface area (Å²) in [5.41, 5.74) is 0. The third kappa shape index (κ3) is 5.30. The molecule has 1 unspecified atom stereocenters. The normalized spacial score (nSPS) is 20.6. The Morgan fingerprint density at radius 3 is 2.19 bits per heavy atom. The van der Waals surface area contributed by atoms with Crippen LogP contribution in [0.5, 0.6) is 0 Å². The number of nitrogens with zero attached hydrogens (tertiary/aromatic N) is 1. The van der Waals surface area contributed by atoms with Crippen molar-refractivity contribution in [3.8, 4) is 0 Å². The monoisotopic (exact) mass is 319 g/mol. The van der Waals surface area contributed by atoms with E-state index in [1.54, 1.807) is 0 Å². The van der Waals surface area contributed by atoms with Gasteiger partial charge in [0.15, 0.2) is 9.84 Å². The largest absolute Gasteiger partial charge is 0.480 e. The molecule has 6 nitrogen and oxygen atoms in total. The van der Waals surface area contributed by atoms with Crippen molar-refractivity contribution in [1.29, 1.82) is 0 Å². The molecule has 1 aliphatic rings. The van der Waals surface area contributed by atoms with Gasteiger partial charge in [0.05, 0.1) is 11.5 Å². The molecule has 0 aromatic heterocycles. The fourth-order valence-electron chi connectivity index (χ4n) is 2.88. The summed E-state index contributed by atoms with van der Waals surface area (Å²) in [5.74, 6) is -1.59. The van der Waals surface area contributed by atoms with Gasteiger partial charge in [-0.15, -0.1) is 0 Å². The molecule has 0 aromatic carbocycles. The first-order valence-corrected chi connectivity index (χ1v) is 9.35. The first kappa shape index (κ1) is 17.9. The molecule has 0 aliphatic carbocycles. The lowest BCUT2D eigenvalue weighted by Crippen LogP contribution is -2.47. The first-order valence-electron chi connectivity index (χ1n) is 7.53. The molecule has 1 rings (SSSR count). The molecule has 1 heterocycles. The predicted molar refractivity (Wildman–Crippen MR) is 79.7 cm³/mol. The number of carboxylic acid groups (broad SMARTS) is 1. The third-order valence-electron chi connectivity index (χ3n) is 3.86. The van der Waals surface area contributed by atoms with E-state index in [4.69, 9.17) is 5.11 Å². The van der Waals surface area contributed by atoms with E-state index in [0.717, 1.165) is 12.8 Å². The summed E-state index contributed by atoms with van der Waals surface area (Å²) in [4.78, 5) is 24.9. The predicted octanol–water partition coefficient (Wildman–Crippen LogP) is 1.30. The summed E-state index contributed by atoms with van der Waals surface area (Å²) in [6, 6.07) is -0.491. The average molecular weight is 319 g/mol. The molecular formula is C14H25NO5S. The van der Waals surface area contributed by atoms with Crippen LogP contribution in [0.25, 0.3) is 0 Å². The lowest BCUT2D eigenvalue weighted by Gasteiger charge is -2.30. The Balaban J connectivity index is 2.90. The van der Waals surface area contributed by atoms with Crippen LogP contribution in [0.4, 0.5) is 0 Å². The number of hydrogen-bond acceptors (Lipinski definition) is 4. The number of rotatable bonds is 8. The molecule has 122 valence electrons. The lowest BCUT2D eigenvalue weighted by atomic mass is 9.96. The number of sulfone groups is 1. The van der Waals surface area contributed by atoms with Gasteiger partial charge in [0.1, 0.15) is 6.54 Å². The topological polar surface area (TPSA) is 91.8 Å². The maximum atomic E-state index is 12.6. The molecule has 0 aromatic rings. The van der Waals surface area contributed by atoms with E-state index in [-0.39, 0.29) is 23.3 Å². The van der Waals surface area contributed by atoms with Crippen LogP contribution >= 0.6 is 0 Å². The number of aliphatic carboxylic acids is 1. The minimum absolute atomic E-state index is 0.0350. The minimum atomic E-state index is -3.15. The van der Waals surface area contributed by atoms with Crippen LogP contribution in [0.2, 0.25) is 0 Å². The summed E-state index contributed by atoms with van der Waals surface area (Å²) < 4.78 is 23.2. The van der Waals surface area contributed by atoms with Crippen LogP contribution in [0, 0.1) is 5.92 Å². The fraction of sp³-hybridized carbons (Fsp3) is 0.857. The van der Waals surface area contributed by atoms with E-state index in [0.29, 0.717) is 19.3 Å². The lowest BCUT2D eigenvalue weighted by molar-refractivity contribution is -0.148. The zero-order valence-electron chi connectivity index (χ0n) is 12.7. The van der Waals surface area contributed by atoms with Crippen molar-refractivity contribution in [3.05, 3.63) is 0 Å². The molecule has 1 amide bonds. The van der Waals surface area contributed by atoms with Crippen LogP contribution < -0.4 is 0 Å². The number of carboxylic acids is 1. The van der Waals surface area contributed by atoms with Crippen LogP contribution in [0.15, 0.2) is 0 Å². The summed E-state index contributed by atoms with van der Waals surface area (Å²) in [6.45, 7) is 3.55. The van der Waals surface area contributed by atoms with Gasteiger partial charge in [-0.3, -0.25) is 9.59 Å². The number of carbonyl (C=O) groups is 2. The van der Waals surface area contributed by atoms with E-state index in [1.807, 2.05) is 13.8 Å². The van der Waals surface area contributed by atoms with E-state index in [9.17, 15) is 18.0 Å². The SMILES string of the molecule is CCCC(CCC)C(=O)N(CC(=O)O)C1CCS(=O)(=O)C1. The Hall–Kier alpha value is -1.11. The molecule has 0 saturated carbocycles. The van der Waals surface area contributed by atoms with E-state index >= 15 is 0 Å². The number of carbonyl (C=O) groups excluding carboxylic acids is 1. The Bertz CT molecular complexity index is 468. The maximum Gasteiger partial charge on any atom is 0.323 e. The Labute approximate surface area is 126 Å². The highest BCUT2D eigenvalue weighted by atomic mass is 32.2.